The van der Waals surface area contributed by atoms with Gasteiger partial charge in [0.2, 0.25) is 0 Å². The van der Waals surface area contributed by atoms with Gasteiger partial charge in [0.25, 0.3) is 6.43 Å². The van der Waals surface area contributed by atoms with Crippen LogP contribution >= 0.6 is 11.6 Å². The van der Waals surface area contributed by atoms with E-state index in [-0.39, 0.29) is 16.3 Å². The molecule has 0 fully saturated rings. The van der Waals surface area contributed by atoms with Crippen LogP contribution in [0.5, 0.6) is 5.75 Å². The quantitative estimate of drug-likeness (QED) is 0.701. The molecule has 0 aliphatic rings. The summed E-state index contributed by atoms with van der Waals surface area (Å²) >= 11 is 5.36. The Bertz CT molecular complexity index is 263. The molecule has 0 aliphatic carbocycles. The Morgan fingerprint density at radius 2 is 2.00 bits per heavy atom. The van der Waals surface area contributed by atoms with Gasteiger partial charge in [-0.15, -0.1) is 0 Å². The van der Waals surface area contributed by atoms with E-state index in [1.165, 1.54) is 18.2 Å². The number of rotatable bonds is 1. The van der Waals surface area contributed by atoms with Gasteiger partial charge >= 0.3 is 0 Å². The molecule has 0 aromatic heterocycles. The Balaban J connectivity index is 3.17. The molecule has 11 heavy (non-hydrogen) atoms. The molecular formula is C7H5ClF2O. The molecule has 0 radical (unpaired) electrons. The molecule has 0 amide bonds. The molecule has 1 nitrogen and oxygen atoms in total. The molecule has 1 N–H and O–H groups in total. The smallest absolute Gasteiger partial charge is 0.265 e. The molecular weight excluding hydrogens is 174 g/mol. The van der Waals surface area contributed by atoms with Gasteiger partial charge in [-0.25, -0.2) is 8.78 Å². The molecule has 0 aliphatic heterocycles. The largest absolute Gasteiger partial charge is 0.506 e. The summed E-state index contributed by atoms with van der Waals surface area (Å²) in [6.45, 7) is 0. The fourth-order valence-electron chi connectivity index (χ4n) is 0.706. The summed E-state index contributed by atoms with van der Waals surface area (Å²) in [5.41, 5.74) is -0.341. The van der Waals surface area contributed by atoms with Crippen LogP contribution in [0.2, 0.25) is 5.02 Å². The highest BCUT2D eigenvalue weighted by Crippen LogP contribution is 2.32. The van der Waals surface area contributed by atoms with Gasteiger partial charge in [-0.2, -0.15) is 0 Å². The summed E-state index contributed by atoms with van der Waals surface area (Å²) in [6.07, 6.45) is -2.64. The Hall–Kier alpha value is -0.830. The lowest BCUT2D eigenvalue weighted by atomic mass is 10.2. The first kappa shape index (κ1) is 8.27. The van der Waals surface area contributed by atoms with E-state index in [2.05, 4.69) is 0 Å². The average molecular weight is 179 g/mol. The molecule has 1 aromatic carbocycles. The van der Waals surface area contributed by atoms with Crippen molar-refractivity contribution in [3.63, 3.8) is 0 Å². The fraction of sp³-hybridized carbons (Fsp3) is 0.143. The predicted octanol–water partition coefficient (Wildman–Crippen LogP) is 2.98. The number of halogens is 3. The third kappa shape index (κ3) is 1.60. The molecule has 0 heterocycles. The van der Waals surface area contributed by atoms with Gasteiger partial charge in [0.05, 0.1) is 5.02 Å². The van der Waals surface area contributed by atoms with Crippen LogP contribution in [0.4, 0.5) is 8.78 Å². The van der Waals surface area contributed by atoms with Crippen molar-refractivity contribution in [3.8, 4) is 5.75 Å². The third-order valence-electron chi connectivity index (χ3n) is 1.24. The number of benzene rings is 1. The standard InChI is InChI=1S/C7H5ClF2O/c8-6-4(7(9)10)2-1-3-5(6)11/h1-3,7,11H. The minimum absolute atomic E-state index is 0.275. The van der Waals surface area contributed by atoms with E-state index in [9.17, 15) is 8.78 Å². The van der Waals surface area contributed by atoms with Crippen molar-refractivity contribution in [2.24, 2.45) is 0 Å². The predicted molar refractivity (Wildman–Crippen MR) is 38.1 cm³/mol. The maximum absolute atomic E-state index is 12.0. The van der Waals surface area contributed by atoms with E-state index in [1.807, 2.05) is 0 Å². The molecule has 60 valence electrons. The van der Waals surface area contributed by atoms with E-state index in [0.29, 0.717) is 0 Å². The minimum atomic E-state index is -2.64. The van der Waals surface area contributed by atoms with Crippen molar-refractivity contribution < 1.29 is 13.9 Å². The fourth-order valence-corrected chi connectivity index (χ4v) is 0.914. The number of aromatic hydroxyl groups is 1. The number of hydrogen-bond acceptors (Lipinski definition) is 1. The van der Waals surface area contributed by atoms with Crippen LogP contribution in [0.1, 0.15) is 12.0 Å². The molecule has 0 atom stereocenters. The topological polar surface area (TPSA) is 20.2 Å². The van der Waals surface area contributed by atoms with Crippen molar-refractivity contribution in [1.82, 2.24) is 0 Å². The van der Waals surface area contributed by atoms with E-state index >= 15 is 0 Å². The zero-order valence-electron chi connectivity index (χ0n) is 5.39. The van der Waals surface area contributed by atoms with Crippen LogP contribution in [-0.2, 0) is 0 Å². The summed E-state index contributed by atoms with van der Waals surface area (Å²) in [4.78, 5) is 0. The van der Waals surface area contributed by atoms with E-state index < -0.39 is 6.43 Å². The number of hydrogen-bond donors (Lipinski definition) is 1. The van der Waals surface area contributed by atoms with Gasteiger partial charge in [0.1, 0.15) is 5.75 Å². The molecule has 0 bridgehead atoms. The second-order valence-electron chi connectivity index (χ2n) is 1.98. The normalized spacial score (nSPS) is 10.5. The maximum Gasteiger partial charge on any atom is 0.265 e. The number of alkyl halides is 2. The lowest BCUT2D eigenvalue weighted by molar-refractivity contribution is 0.151. The molecule has 1 rings (SSSR count). The van der Waals surface area contributed by atoms with Crippen molar-refractivity contribution in [1.29, 1.82) is 0 Å². The zero-order valence-corrected chi connectivity index (χ0v) is 6.15. The summed E-state index contributed by atoms with van der Waals surface area (Å²) in [6, 6.07) is 3.75. The highest BCUT2D eigenvalue weighted by Gasteiger charge is 2.13. The summed E-state index contributed by atoms with van der Waals surface area (Å²) in [7, 11) is 0. The Kier molecular flexibility index (Phi) is 2.29. The molecule has 0 saturated carbocycles. The lowest BCUT2D eigenvalue weighted by Gasteiger charge is -2.02. The highest BCUT2D eigenvalue weighted by molar-refractivity contribution is 6.32. The highest BCUT2D eigenvalue weighted by atomic mass is 35.5. The molecule has 0 spiro atoms. The van der Waals surface area contributed by atoms with Crippen LogP contribution < -0.4 is 0 Å². The first-order valence-corrected chi connectivity index (χ1v) is 3.26. The van der Waals surface area contributed by atoms with Gasteiger partial charge in [-0.3, -0.25) is 0 Å². The Labute approximate surface area is 67.2 Å². The van der Waals surface area contributed by atoms with Gasteiger partial charge in [0.15, 0.2) is 0 Å². The molecule has 0 unspecified atom stereocenters. The molecule has 1 aromatic rings. The summed E-state index contributed by atoms with van der Waals surface area (Å²) < 4.78 is 24.0. The molecule has 0 saturated heterocycles. The van der Waals surface area contributed by atoms with Crippen LogP contribution in [0.15, 0.2) is 18.2 Å². The van der Waals surface area contributed by atoms with Gasteiger partial charge in [-0.05, 0) is 6.07 Å². The van der Waals surface area contributed by atoms with Crippen molar-refractivity contribution >= 4 is 11.6 Å². The van der Waals surface area contributed by atoms with Crippen molar-refractivity contribution in [2.75, 3.05) is 0 Å². The SMILES string of the molecule is Oc1cccc(C(F)F)c1Cl. The Morgan fingerprint density at radius 1 is 1.36 bits per heavy atom. The molecule has 4 heteroatoms. The van der Waals surface area contributed by atoms with E-state index in [0.717, 1.165) is 0 Å². The van der Waals surface area contributed by atoms with Crippen molar-refractivity contribution in [3.05, 3.63) is 28.8 Å². The average Bonchev–Trinajstić information content (AvgIpc) is 1.94. The zero-order chi connectivity index (χ0) is 8.43. The summed E-state index contributed by atoms with van der Waals surface area (Å²) in [5, 5.41) is 8.61. The Morgan fingerprint density at radius 3 is 2.45 bits per heavy atom. The maximum atomic E-state index is 12.0. The summed E-state index contributed by atoms with van der Waals surface area (Å²) in [5.74, 6) is -0.315. The lowest BCUT2D eigenvalue weighted by Crippen LogP contribution is -1.84. The van der Waals surface area contributed by atoms with E-state index in [1.54, 1.807) is 0 Å². The third-order valence-corrected chi connectivity index (χ3v) is 1.66. The van der Waals surface area contributed by atoms with Gasteiger partial charge in [0, 0.05) is 5.56 Å². The second kappa shape index (κ2) is 3.05. The second-order valence-corrected chi connectivity index (χ2v) is 2.36. The van der Waals surface area contributed by atoms with Crippen LogP contribution in [0.25, 0.3) is 0 Å². The van der Waals surface area contributed by atoms with Crippen molar-refractivity contribution in [2.45, 2.75) is 6.43 Å². The van der Waals surface area contributed by atoms with Crippen LogP contribution in [0, 0.1) is 0 Å². The van der Waals surface area contributed by atoms with Gasteiger partial charge in [-0.1, -0.05) is 23.7 Å². The first-order chi connectivity index (χ1) is 5.13. The van der Waals surface area contributed by atoms with Gasteiger partial charge < -0.3 is 5.11 Å². The van der Waals surface area contributed by atoms with E-state index in [4.69, 9.17) is 16.7 Å². The first-order valence-electron chi connectivity index (χ1n) is 2.88. The number of phenolic OH excluding ortho intramolecular Hbond substituents is 1. The van der Waals surface area contributed by atoms with Crippen LogP contribution in [-0.4, -0.2) is 5.11 Å². The minimum Gasteiger partial charge on any atom is -0.506 e. The monoisotopic (exact) mass is 178 g/mol. The van der Waals surface area contributed by atoms with Crippen LogP contribution in [0.3, 0.4) is 0 Å². The number of phenols is 1.